The van der Waals surface area contributed by atoms with Gasteiger partial charge in [-0.25, -0.2) is 4.79 Å². The third-order valence-electron chi connectivity index (χ3n) is 2.73. The summed E-state index contributed by atoms with van der Waals surface area (Å²) in [7, 11) is 0. The van der Waals surface area contributed by atoms with Crippen LogP contribution in [0.4, 0.5) is 0 Å². The van der Waals surface area contributed by atoms with Gasteiger partial charge in [-0.2, -0.15) is 0 Å². The van der Waals surface area contributed by atoms with Gasteiger partial charge in [0.1, 0.15) is 17.1 Å². The first-order chi connectivity index (χ1) is 9.51. The second kappa shape index (κ2) is 5.88. The Hall–Kier alpha value is -2.14. The number of ketones is 1. The molecule has 0 aromatic carbocycles. The summed E-state index contributed by atoms with van der Waals surface area (Å²) in [5, 5.41) is 9.67. The summed E-state index contributed by atoms with van der Waals surface area (Å²) in [6.07, 6.45) is 3.84. The molecular formula is C15H14O4S. The molecule has 0 aliphatic carbocycles. The van der Waals surface area contributed by atoms with E-state index in [1.165, 1.54) is 23.9 Å². The van der Waals surface area contributed by atoms with Gasteiger partial charge in [0.2, 0.25) is 0 Å². The predicted octanol–water partition coefficient (Wildman–Crippen LogP) is 3.17. The Balaban J connectivity index is 2.26. The summed E-state index contributed by atoms with van der Waals surface area (Å²) in [5.41, 5.74) is -1.16. The van der Waals surface area contributed by atoms with Crippen molar-refractivity contribution in [2.45, 2.75) is 20.3 Å². The molecule has 0 saturated heterocycles. The van der Waals surface area contributed by atoms with E-state index in [0.29, 0.717) is 0 Å². The molecular weight excluding hydrogens is 276 g/mol. The van der Waals surface area contributed by atoms with Crippen molar-refractivity contribution in [3.8, 4) is 5.75 Å². The highest BCUT2D eigenvalue weighted by atomic mass is 32.1. The van der Waals surface area contributed by atoms with E-state index in [0.717, 1.165) is 11.3 Å². The van der Waals surface area contributed by atoms with Crippen molar-refractivity contribution in [1.82, 2.24) is 0 Å². The van der Waals surface area contributed by atoms with Gasteiger partial charge in [-0.1, -0.05) is 6.92 Å². The van der Waals surface area contributed by atoms with Gasteiger partial charge in [0.15, 0.2) is 5.78 Å². The molecule has 0 unspecified atom stereocenters. The lowest BCUT2D eigenvalue weighted by molar-refractivity contribution is 0.104. The second-order valence-corrected chi connectivity index (χ2v) is 5.46. The van der Waals surface area contributed by atoms with E-state index >= 15 is 0 Å². The summed E-state index contributed by atoms with van der Waals surface area (Å²) >= 11 is 1.58. The summed E-state index contributed by atoms with van der Waals surface area (Å²) in [5.74, 6) is -0.657. The molecule has 0 aliphatic heterocycles. The maximum Gasteiger partial charge on any atom is 0.351 e. The largest absolute Gasteiger partial charge is 0.507 e. The second-order valence-electron chi connectivity index (χ2n) is 4.26. The molecule has 0 aliphatic rings. The van der Waals surface area contributed by atoms with E-state index in [4.69, 9.17) is 4.42 Å². The number of carbonyl (C=O) groups is 1. The van der Waals surface area contributed by atoms with Crippen LogP contribution in [0.1, 0.15) is 32.8 Å². The van der Waals surface area contributed by atoms with Gasteiger partial charge in [0, 0.05) is 15.8 Å². The van der Waals surface area contributed by atoms with Crippen molar-refractivity contribution in [3.05, 3.63) is 55.8 Å². The smallest absolute Gasteiger partial charge is 0.351 e. The minimum Gasteiger partial charge on any atom is -0.507 e. The van der Waals surface area contributed by atoms with E-state index in [2.05, 4.69) is 6.92 Å². The van der Waals surface area contributed by atoms with Crippen LogP contribution in [0.15, 0.2) is 33.5 Å². The molecule has 1 N–H and O–H groups in total. The number of hydrogen-bond donors (Lipinski definition) is 1. The van der Waals surface area contributed by atoms with Crippen LogP contribution in [-0.4, -0.2) is 10.9 Å². The molecule has 0 amide bonds. The SMILES string of the molecule is CCc1ccc(/C=C/C(=O)c2c(O)cc(C)oc2=O)s1. The molecule has 2 aromatic heterocycles. The van der Waals surface area contributed by atoms with Crippen LogP contribution in [0.5, 0.6) is 5.75 Å². The Kier molecular flexibility index (Phi) is 4.20. The summed E-state index contributed by atoms with van der Waals surface area (Å²) < 4.78 is 4.82. The van der Waals surface area contributed by atoms with E-state index in [-0.39, 0.29) is 17.1 Å². The molecule has 0 atom stereocenters. The quantitative estimate of drug-likeness (QED) is 0.693. The highest BCUT2D eigenvalue weighted by molar-refractivity contribution is 7.12. The average molecular weight is 290 g/mol. The zero-order valence-corrected chi connectivity index (χ0v) is 12.0. The zero-order valence-electron chi connectivity index (χ0n) is 11.2. The topological polar surface area (TPSA) is 67.5 Å². The highest BCUT2D eigenvalue weighted by Crippen LogP contribution is 2.20. The lowest BCUT2D eigenvalue weighted by Crippen LogP contribution is -2.12. The fourth-order valence-electron chi connectivity index (χ4n) is 1.74. The molecule has 2 aromatic rings. The molecule has 0 fully saturated rings. The molecule has 0 saturated carbocycles. The minimum atomic E-state index is -0.822. The molecule has 0 bridgehead atoms. The Morgan fingerprint density at radius 1 is 1.45 bits per heavy atom. The van der Waals surface area contributed by atoms with Gasteiger partial charge in [0.05, 0.1) is 0 Å². The number of hydrogen-bond acceptors (Lipinski definition) is 5. The van der Waals surface area contributed by atoms with Crippen molar-refractivity contribution < 1.29 is 14.3 Å². The fourth-order valence-corrected chi connectivity index (χ4v) is 2.59. The van der Waals surface area contributed by atoms with E-state index < -0.39 is 11.4 Å². The van der Waals surface area contributed by atoms with Crippen molar-refractivity contribution >= 4 is 23.2 Å². The fraction of sp³-hybridized carbons (Fsp3) is 0.200. The summed E-state index contributed by atoms with van der Waals surface area (Å²) in [6.45, 7) is 3.59. The molecule has 0 spiro atoms. The summed E-state index contributed by atoms with van der Waals surface area (Å²) in [4.78, 5) is 25.7. The normalized spacial score (nSPS) is 11.1. The van der Waals surface area contributed by atoms with Gasteiger partial charge in [-0.3, -0.25) is 4.79 Å². The van der Waals surface area contributed by atoms with Crippen LogP contribution in [0.2, 0.25) is 0 Å². The first kappa shape index (κ1) is 14.3. The van der Waals surface area contributed by atoms with E-state index in [9.17, 15) is 14.7 Å². The highest BCUT2D eigenvalue weighted by Gasteiger charge is 2.15. The predicted molar refractivity (Wildman–Crippen MR) is 78.4 cm³/mol. The Labute approximate surface area is 120 Å². The monoisotopic (exact) mass is 290 g/mol. The number of rotatable bonds is 4. The average Bonchev–Trinajstić information content (AvgIpc) is 2.83. The first-order valence-electron chi connectivity index (χ1n) is 6.16. The van der Waals surface area contributed by atoms with Crippen molar-refractivity contribution in [2.75, 3.05) is 0 Å². The number of allylic oxidation sites excluding steroid dienone is 1. The minimum absolute atomic E-state index is 0.263. The number of aryl methyl sites for hydroxylation is 2. The molecule has 5 heteroatoms. The third kappa shape index (κ3) is 3.05. The van der Waals surface area contributed by atoms with Crippen LogP contribution in [0, 0.1) is 6.92 Å². The third-order valence-corrected chi connectivity index (χ3v) is 3.93. The molecule has 20 heavy (non-hydrogen) atoms. The lowest BCUT2D eigenvalue weighted by atomic mass is 10.1. The van der Waals surface area contributed by atoms with Crippen molar-refractivity contribution in [3.63, 3.8) is 0 Å². The maximum absolute atomic E-state index is 11.9. The molecule has 4 nitrogen and oxygen atoms in total. The molecule has 2 rings (SSSR count). The first-order valence-corrected chi connectivity index (χ1v) is 6.97. The standard InChI is InChI=1S/C15H14O4S/c1-3-10-4-5-11(20-10)6-7-12(16)14-13(17)8-9(2)19-15(14)18/h4-8,17H,3H2,1-2H3/b7-6+. The molecule has 2 heterocycles. The molecule has 0 radical (unpaired) electrons. The van der Waals surface area contributed by atoms with Gasteiger partial charge in [-0.15, -0.1) is 11.3 Å². The number of aromatic hydroxyl groups is 1. The Morgan fingerprint density at radius 2 is 2.20 bits per heavy atom. The maximum atomic E-state index is 11.9. The van der Waals surface area contributed by atoms with Gasteiger partial charge < -0.3 is 9.52 Å². The lowest BCUT2D eigenvalue weighted by Gasteiger charge is -1.99. The van der Waals surface area contributed by atoms with Gasteiger partial charge in [0.25, 0.3) is 0 Å². The van der Waals surface area contributed by atoms with Crippen LogP contribution >= 0.6 is 11.3 Å². The summed E-state index contributed by atoms with van der Waals surface area (Å²) in [6, 6.07) is 5.15. The van der Waals surface area contributed by atoms with Gasteiger partial charge >= 0.3 is 5.63 Å². The Bertz CT molecular complexity index is 722. The molecule has 104 valence electrons. The van der Waals surface area contributed by atoms with Crippen LogP contribution in [0.3, 0.4) is 0 Å². The van der Waals surface area contributed by atoms with Crippen molar-refractivity contribution in [2.24, 2.45) is 0 Å². The number of thiophene rings is 1. The Morgan fingerprint density at radius 3 is 2.80 bits per heavy atom. The number of carbonyl (C=O) groups excluding carboxylic acids is 1. The van der Waals surface area contributed by atoms with Crippen molar-refractivity contribution in [1.29, 1.82) is 0 Å². The zero-order chi connectivity index (χ0) is 14.7. The van der Waals surface area contributed by atoms with E-state index in [1.807, 2.05) is 12.1 Å². The van der Waals surface area contributed by atoms with Gasteiger partial charge in [-0.05, 0) is 37.6 Å². The van der Waals surface area contributed by atoms with Crippen LogP contribution < -0.4 is 5.63 Å². The van der Waals surface area contributed by atoms with Crippen LogP contribution in [0.25, 0.3) is 6.08 Å². The van der Waals surface area contributed by atoms with Crippen LogP contribution in [-0.2, 0) is 6.42 Å². The van der Waals surface area contributed by atoms with E-state index in [1.54, 1.807) is 17.4 Å².